The van der Waals surface area contributed by atoms with Gasteiger partial charge in [-0.1, -0.05) is 50.1 Å². The van der Waals surface area contributed by atoms with Gasteiger partial charge in [-0.2, -0.15) is 8.42 Å². The van der Waals surface area contributed by atoms with Gasteiger partial charge in [0, 0.05) is 0 Å². The minimum Gasteiger partial charge on any atom is -0.372 e. The van der Waals surface area contributed by atoms with E-state index < -0.39 is 21.0 Å². The van der Waals surface area contributed by atoms with Crippen LogP contribution in [0.1, 0.15) is 44.6 Å². The summed E-state index contributed by atoms with van der Waals surface area (Å²) in [4.78, 5) is 0. The fourth-order valence-electron chi connectivity index (χ4n) is 2.53. The highest BCUT2D eigenvalue weighted by Crippen LogP contribution is 2.48. The quantitative estimate of drug-likeness (QED) is 0.749. The molecule has 0 bridgehead atoms. The summed E-state index contributed by atoms with van der Waals surface area (Å²) in [7, 11) is -4.05. The van der Waals surface area contributed by atoms with Crippen molar-refractivity contribution in [3.05, 3.63) is 35.9 Å². The second-order valence-electron chi connectivity index (χ2n) is 5.47. The van der Waals surface area contributed by atoms with E-state index in [-0.39, 0.29) is 0 Å². The van der Waals surface area contributed by atoms with Gasteiger partial charge in [0.2, 0.25) is 0 Å². The molecule has 1 aromatic rings. The number of ether oxygens (including phenoxy) is 1. The summed E-state index contributed by atoms with van der Waals surface area (Å²) in [5.74, 6) is 0. The average Bonchev–Trinajstić information content (AvgIpc) is 3.21. The molecule has 0 aromatic heterocycles. The van der Waals surface area contributed by atoms with Crippen LogP contribution in [0.15, 0.2) is 30.3 Å². The van der Waals surface area contributed by atoms with Crippen molar-refractivity contribution in [3.8, 4) is 0 Å². The lowest BCUT2D eigenvalue weighted by Crippen LogP contribution is -2.38. The third-order valence-corrected chi connectivity index (χ3v) is 5.66. The van der Waals surface area contributed by atoms with Crippen LogP contribution in [-0.2, 0) is 21.5 Å². The minimum atomic E-state index is -4.05. The molecule has 0 heterocycles. The molecule has 0 aliphatic heterocycles. The van der Waals surface area contributed by atoms with Crippen molar-refractivity contribution in [3.63, 3.8) is 0 Å². The van der Waals surface area contributed by atoms with E-state index in [1.165, 1.54) is 0 Å². The molecule has 0 amide bonds. The molecule has 1 aromatic carbocycles. The first-order valence-corrected chi connectivity index (χ1v) is 8.56. The van der Waals surface area contributed by atoms with Crippen LogP contribution in [0.4, 0.5) is 0 Å². The first-order chi connectivity index (χ1) is 9.49. The SMILES string of the molecule is CCCCC(OCc1ccccc1)C1(S(=O)(=O)O)CC1. The Kier molecular flexibility index (Phi) is 4.83. The first-order valence-electron chi connectivity index (χ1n) is 7.12. The van der Waals surface area contributed by atoms with Gasteiger partial charge >= 0.3 is 0 Å². The highest BCUT2D eigenvalue weighted by molar-refractivity contribution is 7.87. The Hall–Kier alpha value is -0.910. The predicted molar refractivity (Wildman–Crippen MR) is 78.1 cm³/mol. The maximum absolute atomic E-state index is 11.6. The van der Waals surface area contributed by atoms with Crippen molar-refractivity contribution in [2.75, 3.05) is 0 Å². The smallest absolute Gasteiger partial charge is 0.273 e. The van der Waals surface area contributed by atoms with Gasteiger partial charge < -0.3 is 4.74 Å². The first kappa shape index (κ1) is 15.5. The topological polar surface area (TPSA) is 63.6 Å². The highest BCUT2D eigenvalue weighted by Gasteiger charge is 2.60. The third kappa shape index (κ3) is 3.40. The van der Waals surface area contributed by atoms with E-state index in [2.05, 4.69) is 6.92 Å². The molecule has 1 atom stereocenters. The monoisotopic (exact) mass is 298 g/mol. The van der Waals surface area contributed by atoms with Crippen molar-refractivity contribution in [1.29, 1.82) is 0 Å². The summed E-state index contributed by atoms with van der Waals surface area (Å²) in [6.45, 7) is 2.44. The number of hydrogen-bond acceptors (Lipinski definition) is 3. The largest absolute Gasteiger partial charge is 0.372 e. The Bertz CT molecular complexity index is 520. The molecule has 0 spiro atoms. The van der Waals surface area contributed by atoms with Crippen molar-refractivity contribution in [2.45, 2.75) is 56.5 Å². The maximum Gasteiger partial charge on any atom is 0.273 e. The number of unbranched alkanes of at least 4 members (excludes halogenated alkanes) is 1. The van der Waals surface area contributed by atoms with Gasteiger partial charge in [-0.15, -0.1) is 0 Å². The molecular formula is C15H22O4S. The summed E-state index contributed by atoms with van der Waals surface area (Å²) in [5, 5.41) is 0. The molecule has 1 saturated carbocycles. The lowest BCUT2D eigenvalue weighted by molar-refractivity contribution is 0.0239. The van der Waals surface area contributed by atoms with Gasteiger partial charge in [0.25, 0.3) is 10.1 Å². The Morgan fingerprint density at radius 2 is 1.95 bits per heavy atom. The van der Waals surface area contributed by atoms with Gasteiger partial charge in [-0.05, 0) is 24.8 Å². The maximum atomic E-state index is 11.6. The van der Waals surface area contributed by atoms with Gasteiger partial charge in [-0.3, -0.25) is 4.55 Å². The number of benzene rings is 1. The summed E-state index contributed by atoms with van der Waals surface area (Å²) in [6.07, 6.45) is 3.12. The van der Waals surface area contributed by atoms with Crippen LogP contribution in [-0.4, -0.2) is 23.8 Å². The molecule has 20 heavy (non-hydrogen) atoms. The second kappa shape index (κ2) is 6.24. The van der Waals surface area contributed by atoms with E-state index in [1.54, 1.807) is 0 Å². The number of rotatable bonds is 8. The van der Waals surface area contributed by atoms with Gasteiger partial charge in [0.05, 0.1) is 12.7 Å². The molecular weight excluding hydrogens is 276 g/mol. The average molecular weight is 298 g/mol. The second-order valence-corrected chi connectivity index (χ2v) is 7.23. The zero-order chi connectivity index (χ0) is 14.6. The highest BCUT2D eigenvalue weighted by atomic mass is 32.2. The van der Waals surface area contributed by atoms with Crippen LogP contribution >= 0.6 is 0 Å². The van der Waals surface area contributed by atoms with E-state index in [0.717, 1.165) is 18.4 Å². The van der Waals surface area contributed by atoms with Gasteiger partial charge in [0.15, 0.2) is 0 Å². The molecule has 4 nitrogen and oxygen atoms in total. The lowest BCUT2D eigenvalue weighted by atomic mass is 10.1. The summed E-state index contributed by atoms with van der Waals surface area (Å²) in [5.41, 5.74) is 1.01. The molecule has 2 rings (SSSR count). The Morgan fingerprint density at radius 1 is 1.30 bits per heavy atom. The van der Waals surface area contributed by atoms with Gasteiger partial charge in [0.1, 0.15) is 4.75 Å². The van der Waals surface area contributed by atoms with E-state index in [9.17, 15) is 13.0 Å². The number of hydrogen-bond donors (Lipinski definition) is 1. The molecule has 1 aliphatic rings. The molecule has 5 heteroatoms. The molecule has 1 N–H and O–H groups in total. The zero-order valence-electron chi connectivity index (χ0n) is 11.8. The van der Waals surface area contributed by atoms with Crippen LogP contribution in [0.2, 0.25) is 0 Å². The van der Waals surface area contributed by atoms with E-state index in [0.29, 0.717) is 25.9 Å². The van der Waals surface area contributed by atoms with Crippen LogP contribution in [0.3, 0.4) is 0 Å². The molecule has 1 fully saturated rings. The van der Waals surface area contributed by atoms with Crippen molar-refractivity contribution >= 4 is 10.1 Å². The Morgan fingerprint density at radius 3 is 2.45 bits per heavy atom. The summed E-state index contributed by atoms with van der Waals surface area (Å²) >= 11 is 0. The zero-order valence-corrected chi connectivity index (χ0v) is 12.6. The fraction of sp³-hybridized carbons (Fsp3) is 0.600. The third-order valence-electron chi connectivity index (χ3n) is 3.96. The molecule has 0 saturated heterocycles. The fourth-order valence-corrected chi connectivity index (χ4v) is 3.66. The Labute approximate surface area is 120 Å². The van der Waals surface area contributed by atoms with Crippen molar-refractivity contribution < 1.29 is 17.7 Å². The van der Waals surface area contributed by atoms with Crippen LogP contribution < -0.4 is 0 Å². The predicted octanol–water partition coefficient (Wildman–Crippen LogP) is 3.18. The van der Waals surface area contributed by atoms with E-state index >= 15 is 0 Å². The van der Waals surface area contributed by atoms with Crippen LogP contribution in [0.5, 0.6) is 0 Å². The van der Waals surface area contributed by atoms with Crippen molar-refractivity contribution in [2.24, 2.45) is 0 Å². The van der Waals surface area contributed by atoms with Gasteiger partial charge in [-0.25, -0.2) is 0 Å². The van der Waals surface area contributed by atoms with Crippen LogP contribution in [0.25, 0.3) is 0 Å². The van der Waals surface area contributed by atoms with E-state index in [4.69, 9.17) is 4.74 Å². The molecule has 1 unspecified atom stereocenters. The standard InChI is InChI=1S/C15H22O4S/c1-2-3-9-14(15(10-11-15)20(16,17)18)19-12-13-7-5-4-6-8-13/h4-8,14H,2-3,9-12H2,1H3,(H,16,17,18). The normalized spacial score (nSPS) is 18.7. The van der Waals surface area contributed by atoms with E-state index in [1.807, 2.05) is 30.3 Å². The Balaban J connectivity index is 2.05. The van der Waals surface area contributed by atoms with Crippen molar-refractivity contribution in [1.82, 2.24) is 0 Å². The molecule has 1 aliphatic carbocycles. The lowest BCUT2D eigenvalue weighted by Gasteiger charge is -2.25. The minimum absolute atomic E-state index is 0.381. The summed E-state index contributed by atoms with van der Waals surface area (Å²) in [6, 6.07) is 9.68. The molecule has 112 valence electrons. The molecule has 0 radical (unpaired) electrons. The summed E-state index contributed by atoms with van der Waals surface area (Å²) < 4.78 is 37.5. The van der Waals surface area contributed by atoms with Crippen LogP contribution in [0, 0.1) is 0 Å².